The van der Waals surface area contributed by atoms with Crippen LogP contribution in [0.15, 0.2) is 47.7 Å². The number of nitrogens with one attached hydrogen (secondary N) is 2. The maximum absolute atomic E-state index is 13.3. The van der Waals surface area contributed by atoms with Crippen molar-refractivity contribution in [3.8, 4) is 5.75 Å². The number of ketones is 2. The molecule has 0 radical (unpaired) electrons. The van der Waals surface area contributed by atoms with E-state index in [-0.39, 0.29) is 17.0 Å². The molecule has 1 aromatic rings. The van der Waals surface area contributed by atoms with Crippen LogP contribution in [0.25, 0.3) is 0 Å². The molecule has 2 unspecified atom stereocenters. The molecule has 1 aromatic carbocycles. The highest BCUT2D eigenvalue weighted by atomic mass is 32.2. The highest BCUT2D eigenvalue weighted by Crippen LogP contribution is 2.50. The van der Waals surface area contributed by atoms with Gasteiger partial charge in [0.15, 0.2) is 0 Å². The zero-order valence-corrected chi connectivity index (χ0v) is 19.4. The van der Waals surface area contributed by atoms with Crippen LogP contribution in [0.5, 0.6) is 5.75 Å². The van der Waals surface area contributed by atoms with Gasteiger partial charge in [-0.3, -0.25) is 19.2 Å². The van der Waals surface area contributed by atoms with Crippen molar-refractivity contribution in [1.82, 2.24) is 15.5 Å². The second-order valence-corrected chi connectivity index (χ2v) is 10.6. The van der Waals surface area contributed by atoms with Crippen molar-refractivity contribution in [2.75, 3.05) is 0 Å². The van der Waals surface area contributed by atoms with Gasteiger partial charge in [0.1, 0.15) is 29.2 Å². The van der Waals surface area contributed by atoms with Gasteiger partial charge >= 0.3 is 5.97 Å². The third-order valence-electron chi connectivity index (χ3n) is 6.01. The van der Waals surface area contributed by atoms with Gasteiger partial charge in [0, 0.05) is 22.1 Å². The smallest absolute Gasteiger partial charge is 0.327 e. The summed E-state index contributed by atoms with van der Waals surface area (Å²) in [6.45, 7) is 4.97. The molecule has 0 aromatic heterocycles. The summed E-state index contributed by atoms with van der Waals surface area (Å²) < 4.78 is -0.734. The number of allylic oxidation sites excluding steroid dienone is 3. The molecule has 4 N–H and O–H groups in total. The van der Waals surface area contributed by atoms with E-state index in [4.69, 9.17) is 0 Å². The predicted molar refractivity (Wildman–Crippen MR) is 121 cm³/mol. The topological polar surface area (TPSA) is 153 Å². The van der Waals surface area contributed by atoms with E-state index in [1.54, 1.807) is 13.8 Å². The van der Waals surface area contributed by atoms with Crippen LogP contribution < -0.4 is 10.6 Å². The number of hydrogen-bond donors (Lipinski definition) is 4. The Kier molecular flexibility index (Phi) is 5.76. The van der Waals surface area contributed by atoms with Gasteiger partial charge < -0.3 is 25.7 Å². The molecule has 10 nitrogen and oxygen atoms in total. The van der Waals surface area contributed by atoms with Crippen LogP contribution in [0.1, 0.15) is 32.4 Å². The van der Waals surface area contributed by atoms with Crippen molar-refractivity contribution in [3.05, 3.63) is 53.3 Å². The van der Waals surface area contributed by atoms with Gasteiger partial charge in [-0.1, -0.05) is 12.1 Å². The van der Waals surface area contributed by atoms with E-state index in [0.29, 0.717) is 5.56 Å². The first-order valence-electron chi connectivity index (χ1n) is 10.5. The first kappa shape index (κ1) is 23.6. The Hall–Kier alpha value is -3.60. The molecule has 4 atom stereocenters. The third-order valence-corrected chi connectivity index (χ3v) is 7.58. The van der Waals surface area contributed by atoms with Crippen molar-refractivity contribution in [3.63, 3.8) is 0 Å². The average Bonchev–Trinajstić information content (AvgIpc) is 3.02. The summed E-state index contributed by atoms with van der Waals surface area (Å²) in [6.07, 6.45) is 2.55. The molecule has 2 fully saturated rings. The summed E-state index contributed by atoms with van der Waals surface area (Å²) >= 11 is 1.31. The minimum absolute atomic E-state index is 0.00887. The number of β-lactam (4-membered cyclic amide) rings is 1. The Labute approximate surface area is 199 Å². The van der Waals surface area contributed by atoms with Crippen molar-refractivity contribution < 1.29 is 34.2 Å². The molecule has 3 aliphatic rings. The lowest BCUT2D eigenvalue weighted by Crippen LogP contribution is -2.71. The standard InChI is InChI=1S/C23H23N3O7S/c1-10-8-12(9-14(28)17(10)29)24-15(11-4-6-13(27)7-5-11)19(30)25-16-20(31)26-18(22(32)33)23(2,3)34-21(16)26/h4-9,15-16,18,21,24,27H,1-3H3,(H,25,30)(H,32,33)/t15-,16-,18?,21?/m1/s1. The average molecular weight is 486 g/mol. The highest BCUT2D eigenvalue weighted by molar-refractivity contribution is 8.01. The molecule has 0 saturated carbocycles. The van der Waals surface area contributed by atoms with Crippen LogP contribution in [0.2, 0.25) is 0 Å². The van der Waals surface area contributed by atoms with Crippen LogP contribution in [-0.2, 0) is 24.0 Å². The first-order chi connectivity index (χ1) is 15.9. The van der Waals surface area contributed by atoms with Crippen LogP contribution in [0, 0.1) is 0 Å². The molecular weight excluding hydrogens is 462 g/mol. The molecule has 2 saturated heterocycles. The number of carbonyl (C=O) groups is 5. The number of amides is 2. The lowest BCUT2D eigenvalue weighted by atomic mass is 9.95. The van der Waals surface area contributed by atoms with Gasteiger partial charge in [0.25, 0.3) is 0 Å². The fourth-order valence-electron chi connectivity index (χ4n) is 4.34. The molecule has 4 rings (SSSR count). The normalized spacial score (nSPS) is 26.1. The number of aromatic hydroxyl groups is 1. The second kappa shape index (κ2) is 8.32. The maximum Gasteiger partial charge on any atom is 0.327 e. The Balaban J connectivity index is 1.58. The molecule has 178 valence electrons. The maximum atomic E-state index is 13.3. The molecule has 2 amide bonds. The van der Waals surface area contributed by atoms with E-state index in [1.165, 1.54) is 53.9 Å². The van der Waals surface area contributed by atoms with Crippen molar-refractivity contribution in [2.45, 2.75) is 49.0 Å². The number of hydrogen-bond acceptors (Lipinski definition) is 8. The van der Waals surface area contributed by atoms with Gasteiger partial charge in [-0.25, -0.2) is 4.79 Å². The summed E-state index contributed by atoms with van der Waals surface area (Å²) in [7, 11) is 0. The Bertz CT molecular complexity index is 1170. The van der Waals surface area contributed by atoms with Crippen LogP contribution >= 0.6 is 11.8 Å². The van der Waals surface area contributed by atoms with Gasteiger partial charge in [-0.15, -0.1) is 11.8 Å². The summed E-state index contributed by atoms with van der Waals surface area (Å²) in [5.41, 5.74) is 0.909. The number of carboxylic acids is 1. The molecule has 1 aliphatic carbocycles. The zero-order valence-electron chi connectivity index (χ0n) is 18.6. The summed E-state index contributed by atoms with van der Waals surface area (Å²) in [6, 6.07) is 2.84. The number of carboxylic acid groups (broad SMARTS) is 1. The quantitative estimate of drug-likeness (QED) is 0.258. The Morgan fingerprint density at radius 1 is 1.12 bits per heavy atom. The lowest BCUT2D eigenvalue weighted by molar-refractivity contribution is -0.161. The number of nitrogens with zero attached hydrogens (tertiary/aromatic N) is 1. The summed E-state index contributed by atoms with van der Waals surface area (Å²) in [5, 5.41) is 24.3. The fraction of sp³-hybridized carbons (Fsp3) is 0.348. The first-order valence-corrected chi connectivity index (χ1v) is 11.4. The number of fused-ring (bicyclic) bond motifs is 1. The number of thioether (sulfide) groups is 1. The number of aliphatic carboxylic acids is 1. The molecule has 2 aliphatic heterocycles. The molecular formula is C23H23N3O7S. The van der Waals surface area contributed by atoms with Crippen LogP contribution in [0.4, 0.5) is 0 Å². The molecule has 0 bridgehead atoms. The van der Waals surface area contributed by atoms with Crippen LogP contribution in [0.3, 0.4) is 0 Å². The van der Waals surface area contributed by atoms with Crippen molar-refractivity contribution in [1.29, 1.82) is 0 Å². The monoisotopic (exact) mass is 485 g/mol. The summed E-state index contributed by atoms with van der Waals surface area (Å²) in [5.74, 6) is -3.54. The minimum atomic E-state index is -1.10. The van der Waals surface area contributed by atoms with E-state index in [9.17, 15) is 34.2 Å². The van der Waals surface area contributed by atoms with Crippen molar-refractivity contribution >= 4 is 41.1 Å². The third kappa shape index (κ3) is 3.96. The molecule has 0 spiro atoms. The zero-order chi connectivity index (χ0) is 24.9. The van der Waals surface area contributed by atoms with E-state index in [1.807, 2.05) is 0 Å². The largest absolute Gasteiger partial charge is 0.508 e. The predicted octanol–water partition coefficient (Wildman–Crippen LogP) is 0.637. The number of phenols is 1. The molecule has 11 heteroatoms. The second-order valence-electron chi connectivity index (χ2n) is 8.87. The van der Waals surface area contributed by atoms with Crippen molar-refractivity contribution in [2.24, 2.45) is 0 Å². The van der Waals surface area contributed by atoms with Gasteiger partial charge in [-0.2, -0.15) is 0 Å². The fourth-order valence-corrected chi connectivity index (χ4v) is 5.97. The molecule has 34 heavy (non-hydrogen) atoms. The number of rotatable bonds is 6. The van der Waals surface area contributed by atoms with E-state index in [0.717, 1.165) is 6.08 Å². The lowest BCUT2D eigenvalue weighted by Gasteiger charge is -2.44. The minimum Gasteiger partial charge on any atom is -0.508 e. The number of benzene rings is 1. The van der Waals surface area contributed by atoms with Gasteiger partial charge in [0.2, 0.25) is 23.4 Å². The van der Waals surface area contributed by atoms with E-state index >= 15 is 0 Å². The van der Waals surface area contributed by atoms with Gasteiger partial charge in [-0.05, 0) is 44.5 Å². The van der Waals surface area contributed by atoms with E-state index in [2.05, 4.69) is 10.6 Å². The Morgan fingerprint density at radius 3 is 2.35 bits per heavy atom. The van der Waals surface area contributed by atoms with Gasteiger partial charge in [0.05, 0.1) is 0 Å². The number of phenolic OH excluding ortho intramolecular Hbond substituents is 1. The Morgan fingerprint density at radius 2 is 1.76 bits per heavy atom. The summed E-state index contributed by atoms with van der Waals surface area (Å²) in [4.78, 5) is 62.8. The van der Waals surface area contributed by atoms with E-state index < -0.39 is 57.6 Å². The number of carbonyl (C=O) groups excluding carboxylic acids is 4. The highest BCUT2D eigenvalue weighted by Gasteiger charge is 2.64. The SMILES string of the molecule is CC1=CC(N[C@@H](C(=O)N[C@@H]2C(=O)N3C2SC(C)(C)C3C(=O)O)c2ccc(O)cc2)=CC(=O)C1=O. The molecule has 2 heterocycles. The van der Waals surface area contributed by atoms with Crippen LogP contribution in [-0.4, -0.2) is 66.7 Å². The number of Topliss-reactive ketones (excluding diaryl/α,β-unsaturated/α-hetero) is 1.